The van der Waals surface area contributed by atoms with Crippen molar-refractivity contribution in [2.24, 2.45) is 0 Å². The van der Waals surface area contributed by atoms with Gasteiger partial charge in [-0.1, -0.05) is 18.2 Å². The number of ketones is 1. The lowest BCUT2D eigenvalue weighted by molar-refractivity contribution is -0.125. The Morgan fingerprint density at radius 3 is 2.87 bits per heavy atom. The first kappa shape index (κ1) is 20.7. The number of Topliss-reactive ketones (excluding diaryl/α,β-unsaturated/α-hetero) is 1. The van der Waals surface area contributed by atoms with Crippen LogP contribution in [0.25, 0.3) is 5.57 Å². The highest BCUT2D eigenvalue weighted by Crippen LogP contribution is 2.41. The number of β-amino-alcohol motifs (C(OH)–C–C–N with tert-alkyl or cyclic N) is 1. The number of pyridine rings is 1. The molecule has 1 N–H and O–H groups in total. The number of nitrogens with zero attached hydrogens (tertiary/aromatic N) is 3. The van der Waals surface area contributed by atoms with Crippen molar-refractivity contribution >= 4 is 11.4 Å². The van der Waals surface area contributed by atoms with Gasteiger partial charge in [0.2, 0.25) is 0 Å². The SMILES string of the molecule is COC1C=C2C(=CN(CC(O)c3ccccn3)C(C#N)=C2c2cccc(F)c2)CC1=O. The molecule has 0 bridgehead atoms. The van der Waals surface area contributed by atoms with E-state index in [1.165, 1.54) is 19.2 Å². The van der Waals surface area contributed by atoms with Gasteiger partial charge in [0.15, 0.2) is 5.78 Å². The standard InChI is InChI=1S/C24H20FN3O3/c1-31-23-11-18-16(10-21(23)29)13-28(14-22(30)19-7-2-3-8-27-19)20(12-26)24(18)15-5-4-6-17(25)9-15/h2-9,11,13,22-23,30H,10,14H2,1H3. The molecule has 156 valence electrons. The molecule has 6 nitrogen and oxygen atoms in total. The summed E-state index contributed by atoms with van der Waals surface area (Å²) < 4.78 is 19.3. The smallest absolute Gasteiger partial charge is 0.169 e. The molecule has 1 aliphatic carbocycles. The zero-order chi connectivity index (χ0) is 22.0. The number of halogens is 1. The summed E-state index contributed by atoms with van der Waals surface area (Å²) in [4.78, 5) is 18.2. The van der Waals surface area contributed by atoms with Crippen molar-refractivity contribution in [1.82, 2.24) is 9.88 Å². The molecule has 7 heteroatoms. The zero-order valence-corrected chi connectivity index (χ0v) is 16.8. The van der Waals surface area contributed by atoms with E-state index in [1.54, 1.807) is 53.7 Å². The summed E-state index contributed by atoms with van der Waals surface area (Å²) in [6.07, 6.45) is 3.36. The number of methoxy groups -OCH3 is 1. The fourth-order valence-corrected chi connectivity index (χ4v) is 3.87. The maximum absolute atomic E-state index is 14.0. The molecule has 2 unspecified atom stereocenters. The normalized spacial score (nSPS) is 19.4. The van der Waals surface area contributed by atoms with Gasteiger partial charge in [0, 0.05) is 31.5 Å². The molecule has 1 aliphatic heterocycles. The van der Waals surface area contributed by atoms with Crippen LogP contribution >= 0.6 is 0 Å². The maximum Gasteiger partial charge on any atom is 0.169 e. The number of benzene rings is 1. The van der Waals surface area contributed by atoms with E-state index in [4.69, 9.17) is 4.74 Å². The van der Waals surface area contributed by atoms with Crippen LogP contribution in [-0.2, 0) is 9.53 Å². The Bertz CT molecular complexity index is 1150. The topological polar surface area (TPSA) is 86.4 Å². The van der Waals surface area contributed by atoms with Gasteiger partial charge in [0.25, 0.3) is 0 Å². The van der Waals surface area contributed by atoms with E-state index in [0.717, 1.165) is 0 Å². The van der Waals surface area contributed by atoms with Crippen LogP contribution in [0.1, 0.15) is 23.8 Å². The Morgan fingerprint density at radius 1 is 1.35 bits per heavy atom. The van der Waals surface area contributed by atoms with Gasteiger partial charge in [0.05, 0.1) is 12.2 Å². The molecule has 2 aliphatic rings. The predicted octanol–water partition coefficient (Wildman–Crippen LogP) is 3.30. The summed E-state index contributed by atoms with van der Waals surface area (Å²) in [6.45, 7) is 0.0530. The Hall–Kier alpha value is -3.60. The van der Waals surface area contributed by atoms with Crippen LogP contribution in [-0.4, -0.2) is 40.5 Å². The van der Waals surface area contributed by atoms with E-state index in [1.807, 2.05) is 0 Å². The van der Waals surface area contributed by atoms with Gasteiger partial charge in [-0.25, -0.2) is 4.39 Å². The number of hydrogen-bond acceptors (Lipinski definition) is 6. The molecule has 0 saturated heterocycles. The van der Waals surface area contributed by atoms with E-state index in [9.17, 15) is 19.6 Å². The van der Waals surface area contributed by atoms with E-state index >= 15 is 0 Å². The lowest BCUT2D eigenvalue weighted by atomic mass is 9.81. The molecule has 0 amide bonds. The molecule has 2 aromatic rings. The number of rotatable bonds is 5. The van der Waals surface area contributed by atoms with Gasteiger partial charge < -0.3 is 14.7 Å². The summed E-state index contributed by atoms with van der Waals surface area (Å²) >= 11 is 0. The minimum Gasteiger partial charge on any atom is -0.385 e. The summed E-state index contributed by atoms with van der Waals surface area (Å²) in [5.74, 6) is -0.545. The lowest BCUT2D eigenvalue weighted by Gasteiger charge is -2.34. The number of carbonyl (C=O) groups excluding carboxylic acids is 1. The summed E-state index contributed by atoms with van der Waals surface area (Å²) in [7, 11) is 1.45. The van der Waals surface area contributed by atoms with Crippen molar-refractivity contribution < 1.29 is 19.0 Å². The first-order valence-electron chi connectivity index (χ1n) is 9.76. The predicted molar refractivity (Wildman–Crippen MR) is 111 cm³/mol. The van der Waals surface area contributed by atoms with Gasteiger partial charge in [0.1, 0.15) is 29.8 Å². The fraction of sp³-hybridized carbons (Fsp3) is 0.208. The average molecular weight is 417 g/mol. The Kier molecular flexibility index (Phi) is 5.76. The van der Waals surface area contributed by atoms with Crippen LogP contribution in [0.2, 0.25) is 0 Å². The quantitative estimate of drug-likeness (QED) is 0.803. The summed E-state index contributed by atoms with van der Waals surface area (Å²) in [6, 6.07) is 13.4. The monoisotopic (exact) mass is 417 g/mol. The molecule has 0 saturated carbocycles. The maximum atomic E-state index is 14.0. The van der Waals surface area contributed by atoms with E-state index in [0.29, 0.717) is 28.0 Å². The highest BCUT2D eigenvalue weighted by molar-refractivity contribution is 5.98. The molecule has 4 rings (SSSR count). The minimum atomic E-state index is -0.966. The van der Waals surface area contributed by atoms with E-state index in [-0.39, 0.29) is 24.4 Å². The van der Waals surface area contributed by atoms with Crippen LogP contribution in [0.3, 0.4) is 0 Å². The van der Waals surface area contributed by atoms with Crippen LogP contribution in [0.5, 0.6) is 0 Å². The van der Waals surface area contributed by atoms with Gasteiger partial charge in [-0.05, 0) is 47.1 Å². The Morgan fingerprint density at radius 2 is 2.19 bits per heavy atom. The number of hydrogen-bond donors (Lipinski definition) is 1. The van der Waals surface area contributed by atoms with Crippen molar-refractivity contribution in [3.8, 4) is 6.07 Å². The second-order valence-corrected chi connectivity index (χ2v) is 7.30. The Balaban J connectivity index is 1.84. The van der Waals surface area contributed by atoms with Crippen molar-refractivity contribution in [3.63, 3.8) is 0 Å². The van der Waals surface area contributed by atoms with Crippen molar-refractivity contribution in [2.45, 2.75) is 18.6 Å². The van der Waals surface area contributed by atoms with Crippen LogP contribution in [0.4, 0.5) is 4.39 Å². The second kappa shape index (κ2) is 8.64. The van der Waals surface area contributed by atoms with Crippen LogP contribution in [0, 0.1) is 17.1 Å². The second-order valence-electron chi connectivity index (χ2n) is 7.30. The third kappa shape index (κ3) is 4.04. The number of fused-ring (bicyclic) bond motifs is 1. The number of nitriles is 1. The molecule has 0 spiro atoms. The molecular weight excluding hydrogens is 397 g/mol. The molecule has 31 heavy (non-hydrogen) atoms. The molecule has 2 atom stereocenters. The number of aliphatic hydroxyl groups excluding tert-OH is 1. The number of aromatic nitrogens is 1. The van der Waals surface area contributed by atoms with Crippen molar-refractivity contribution in [1.29, 1.82) is 5.26 Å². The lowest BCUT2D eigenvalue weighted by Crippen LogP contribution is -2.32. The fourth-order valence-electron chi connectivity index (χ4n) is 3.87. The number of aliphatic hydroxyl groups is 1. The van der Waals surface area contributed by atoms with Gasteiger partial charge >= 0.3 is 0 Å². The average Bonchev–Trinajstić information content (AvgIpc) is 2.78. The largest absolute Gasteiger partial charge is 0.385 e. The molecule has 0 radical (unpaired) electrons. The molecular formula is C24H20FN3O3. The summed E-state index contributed by atoms with van der Waals surface area (Å²) in [5.41, 5.74) is 3.07. The molecule has 1 aromatic heterocycles. The first-order valence-corrected chi connectivity index (χ1v) is 9.76. The highest BCUT2D eigenvalue weighted by Gasteiger charge is 2.34. The van der Waals surface area contributed by atoms with Gasteiger partial charge in [-0.3, -0.25) is 9.78 Å². The van der Waals surface area contributed by atoms with Gasteiger partial charge in [-0.2, -0.15) is 5.26 Å². The van der Waals surface area contributed by atoms with E-state index < -0.39 is 18.0 Å². The van der Waals surface area contributed by atoms with Gasteiger partial charge in [-0.15, -0.1) is 0 Å². The summed E-state index contributed by atoms with van der Waals surface area (Å²) in [5, 5.41) is 20.7. The third-order valence-electron chi connectivity index (χ3n) is 5.32. The molecule has 1 aromatic carbocycles. The van der Waals surface area contributed by atoms with Crippen molar-refractivity contribution in [3.05, 3.63) is 94.9 Å². The first-order chi connectivity index (χ1) is 15.0. The van der Waals surface area contributed by atoms with E-state index in [2.05, 4.69) is 11.1 Å². The van der Waals surface area contributed by atoms with Crippen molar-refractivity contribution in [2.75, 3.05) is 13.7 Å². The number of carbonyl (C=O) groups is 1. The zero-order valence-electron chi connectivity index (χ0n) is 16.8. The molecule has 0 fully saturated rings. The minimum absolute atomic E-state index is 0.0530. The van der Waals surface area contributed by atoms with Crippen LogP contribution < -0.4 is 0 Å². The van der Waals surface area contributed by atoms with Crippen LogP contribution in [0.15, 0.2) is 77.8 Å². The molecule has 2 heterocycles. The highest BCUT2D eigenvalue weighted by atomic mass is 19.1. The number of ether oxygens (including phenoxy) is 1. The Labute approximate surface area is 179 Å². The number of allylic oxidation sites excluding steroid dienone is 4. The third-order valence-corrected chi connectivity index (χ3v) is 5.32.